The van der Waals surface area contributed by atoms with Crippen LogP contribution in [-0.4, -0.2) is 38.0 Å². The van der Waals surface area contributed by atoms with Gasteiger partial charge < -0.3 is 5.32 Å². The van der Waals surface area contributed by atoms with Gasteiger partial charge in [-0.2, -0.15) is 0 Å². The van der Waals surface area contributed by atoms with E-state index in [2.05, 4.69) is 5.32 Å². The highest BCUT2D eigenvalue weighted by Gasteiger charge is 2.18. The van der Waals surface area contributed by atoms with Crippen LogP contribution in [0.15, 0.2) is 42.5 Å². The first kappa shape index (κ1) is 21.1. The quantitative estimate of drug-likeness (QED) is 0.750. The largest absolute Gasteiger partial charge is 0.326 e. The molecule has 0 atom stereocenters. The van der Waals surface area contributed by atoms with Crippen LogP contribution >= 0.6 is 0 Å². The molecule has 1 amide bonds. The van der Waals surface area contributed by atoms with Crippen LogP contribution in [-0.2, 0) is 21.2 Å². The van der Waals surface area contributed by atoms with Crippen molar-refractivity contribution in [3.8, 4) is 0 Å². The molecular formula is C20H25FN2O3S. The van der Waals surface area contributed by atoms with Crippen LogP contribution in [0.4, 0.5) is 10.1 Å². The molecule has 0 aliphatic carbocycles. The molecule has 0 aromatic heterocycles. The monoisotopic (exact) mass is 392 g/mol. The molecule has 0 unspecified atom stereocenters. The zero-order chi connectivity index (χ0) is 20.0. The first-order chi connectivity index (χ1) is 12.6. The van der Waals surface area contributed by atoms with E-state index in [1.807, 2.05) is 32.0 Å². The van der Waals surface area contributed by atoms with Crippen molar-refractivity contribution in [2.75, 3.05) is 24.7 Å². The summed E-state index contributed by atoms with van der Waals surface area (Å²) >= 11 is 0. The maximum atomic E-state index is 13.0. The Labute approximate surface area is 160 Å². The number of halogens is 1. The van der Waals surface area contributed by atoms with E-state index >= 15 is 0 Å². The summed E-state index contributed by atoms with van der Waals surface area (Å²) in [5, 5.41) is 2.79. The molecule has 146 valence electrons. The Kier molecular flexibility index (Phi) is 7.10. The second-order valence-electron chi connectivity index (χ2n) is 6.64. The fraction of sp³-hybridized carbons (Fsp3) is 0.350. The molecule has 0 saturated heterocycles. The standard InChI is InChI=1S/C20H25FN2O3S/c1-15-4-9-19(14-16(15)2)22-20(24)11-13-23(27(3,25)26)12-10-17-5-7-18(21)8-6-17/h4-9,14H,10-13H2,1-3H3,(H,22,24). The molecule has 0 spiro atoms. The van der Waals surface area contributed by atoms with Crippen LogP contribution < -0.4 is 5.32 Å². The Bertz CT molecular complexity index is 896. The first-order valence-electron chi connectivity index (χ1n) is 8.72. The summed E-state index contributed by atoms with van der Waals surface area (Å²) in [4.78, 5) is 12.2. The molecule has 7 heteroatoms. The van der Waals surface area contributed by atoms with Gasteiger partial charge in [0.2, 0.25) is 15.9 Å². The van der Waals surface area contributed by atoms with Crippen molar-refractivity contribution in [3.05, 3.63) is 65.0 Å². The molecule has 0 aliphatic rings. The van der Waals surface area contributed by atoms with Gasteiger partial charge in [-0.15, -0.1) is 0 Å². The third kappa shape index (κ3) is 6.77. The van der Waals surface area contributed by atoms with Gasteiger partial charge in [-0.25, -0.2) is 17.1 Å². The number of nitrogens with zero attached hydrogens (tertiary/aromatic N) is 1. The fourth-order valence-corrected chi connectivity index (χ4v) is 3.46. The Morgan fingerprint density at radius 3 is 2.30 bits per heavy atom. The average molecular weight is 392 g/mol. The van der Waals surface area contributed by atoms with Crippen molar-refractivity contribution in [2.24, 2.45) is 0 Å². The van der Waals surface area contributed by atoms with Gasteiger partial charge in [0.1, 0.15) is 5.82 Å². The smallest absolute Gasteiger partial charge is 0.225 e. The number of aryl methyl sites for hydroxylation is 2. The van der Waals surface area contributed by atoms with Gasteiger partial charge in [0.25, 0.3) is 0 Å². The summed E-state index contributed by atoms with van der Waals surface area (Å²) in [6.07, 6.45) is 1.63. The molecule has 0 bridgehead atoms. The normalized spacial score (nSPS) is 11.6. The summed E-state index contributed by atoms with van der Waals surface area (Å²) in [5.41, 5.74) is 3.74. The third-order valence-electron chi connectivity index (χ3n) is 4.41. The zero-order valence-electron chi connectivity index (χ0n) is 15.8. The molecule has 2 aromatic carbocycles. The number of hydrogen-bond donors (Lipinski definition) is 1. The van der Waals surface area contributed by atoms with Crippen LogP contribution in [0.25, 0.3) is 0 Å². The van der Waals surface area contributed by atoms with Gasteiger partial charge in [0, 0.05) is 25.2 Å². The minimum absolute atomic E-state index is 0.0589. The predicted molar refractivity (Wildman–Crippen MR) is 106 cm³/mol. The van der Waals surface area contributed by atoms with Gasteiger partial charge in [0.15, 0.2) is 0 Å². The van der Waals surface area contributed by atoms with Crippen LogP contribution in [0.5, 0.6) is 0 Å². The average Bonchev–Trinajstić information content (AvgIpc) is 2.58. The Balaban J connectivity index is 1.92. The van der Waals surface area contributed by atoms with Gasteiger partial charge in [-0.3, -0.25) is 4.79 Å². The van der Waals surface area contributed by atoms with E-state index in [-0.39, 0.29) is 31.2 Å². The van der Waals surface area contributed by atoms with E-state index < -0.39 is 10.0 Å². The highest BCUT2D eigenvalue weighted by atomic mass is 32.2. The number of carbonyl (C=O) groups is 1. The number of sulfonamides is 1. The van der Waals surface area contributed by atoms with Gasteiger partial charge in [0.05, 0.1) is 6.26 Å². The lowest BCUT2D eigenvalue weighted by Gasteiger charge is -2.19. The van der Waals surface area contributed by atoms with Crippen LogP contribution in [0.3, 0.4) is 0 Å². The first-order valence-corrected chi connectivity index (χ1v) is 10.6. The van der Waals surface area contributed by atoms with Crippen LogP contribution in [0.1, 0.15) is 23.1 Å². The molecule has 0 saturated carbocycles. The highest BCUT2D eigenvalue weighted by Crippen LogP contribution is 2.14. The van der Waals surface area contributed by atoms with Crippen molar-refractivity contribution in [2.45, 2.75) is 26.7 Å². The second kappa shape index (κ2) is 9.10. The third-order valence-corrected chi connectivity index (χ3v) is 5.71. The van der Waals surface area contributed by atoms with Crippen LogP contribution in [0, 0.1) is 19.7 Å². The van der Waals surface area contributed by atoms with Crippen molar-refractivity contribution in [1.82, 2.24) is 4.31 Å². The number of carbonyl (C=O) groups excluding carboxylic acids is 1. The van der Waals surface area contributed by atoms with E-state index in [9.17, 15) is 17.6 Å². The van der Waals surface area contributed by atoms with E-state index in [1.165, 1.54) is 16.4 Å². The summed E-state index contributed by atoms with van der Waals surface area (Å²) in [5.74, 6) is -0.574. The predicted octanol–water partition coefficient (Wildman–Crippen LogP) is 3.28. The van der Waals surface area contributed by atoms with Crippen molar-refractivity contribution in [1.29, 1.82) is 0 Å². The molecule has 2 aromatic rings. The maximum absolute atomic E-state index is 13.0. The van der Waals surface area contributed by atoms with Gasteiger partial charge in [-0.1, -0.05) is 18.2 Å². The number of anilines is 1. The van der Waals surface area contributed by atoms with Crippen LogP contribution in [0.2, 0.25) is 0 Å². The molecule has 1 N–H and O–H groups in total. The summed E-state index contributed by atoms with van der Waals surface area (Å²) in [6.45, 7) is 4.29. The van der Waals surface area contributed by atoms with Gasteiger partial charge in [-0.05, 0) is 61.2 Å². The molecule has 0 radical (unpaired) electrons. The Hall–Kier alpha value is -2.25. The number of rotatable bonds is 8. The minimum atomic E-state index is -3.44. The number of nitrogens with one attached hydrogen (secondary N) is 1. The Morgan fingerprint density at radius 1 is 1.04 bits per heavy atom. The highest BCUT2D eigenvalue weighted by molar-refractivity contribution is 7.88. The number of benzene rings is 2. The second-order valence-corrected chi connectivity index (χ2v) is 8.62. The number of hydrogen-bond acceptors (Lipinski definition) is 3. The van der Waals surface area contributed by atoms with Crippen molar-refractivity contribution in [3.63, 3.8) is 0 Å². The summed E-state index contributed by atoms with van der Waals surface area (Å²) in [7, 11) is -3.44. The Morgan fingerprint density at radius 2 is 1.70 bits per heavy atom. The summed E-state index contributed by atoms with van der Waals surface area (Å²) < 4.78 is 38.2. The van der Waals surface area contributed by atoms with E-state index in [4.69, 9.17) is 0 Å². The zero-order valence-corrected chi connectivity index (χ0v) is 16.6. The molecule has 0 fully saturated rings. The maximum Gasteiger partial charge on any atom is 0.225 e. The molecular weight excluding hydrogens is 367 g/mol. The SMILES string of the molecule is Cc1ccc(NC(=O)CCN(CCc2ccc(F)cc2)S(C)(=O)=O)cc1C. The van der Waals surface area contributed by atoms with E-state index in [1.54, 1.807) is 12.1 Å². The van der Waals surface area contributed by atoms with E-state index in [0.717, 1.165) is 22.9 Å². The molecule has 27 heavy (non-hydrogen) atoms. The van der Waals surface area contributed by atoms with E-state index in [0.29, 0.717) is 12.1 Å². The van der Waals surface area contributed by atoms with Crippen molar-refractivity contribution >= 4 is 21.6 Å². The minimum Gasteiger partial charge on any atom is -0.326 e. The fourth-order valence-electron chi connectivity index (χ4n) is 2.62. The molecule has 2 rings (SSSR count). The van der Waals surface area contributed by atoms with Crippen molar-refractivity contribution < 1.29 is 17.6 Å². The lowest BCUT2D eigenvalue weighted by Crippen LogP contribution is -2.34. The lowest BCUT2D eigenvalue weighted by atomic mass is 10.1. The lowest BCUT2D eigenvalue weighted by molar-refractivity contribution is -0.116. The van der Waals surface area contributed by atoms with Gasteiger partial charge >= 0.3 is 0 Å². The summed E-state index contributed by atoms with van der Waals surface area (Å²) in [6, 6.07) is 11.6. The molecule has 0 heterocycles. The molecule has 0 aliphatic heterocycles. The number of amides is 1. The molecule has 5 nitrogen and oxygen atoms in total. The topological polar surface area (TPSA) is 66.5 Å².